The molecule has 0 radical (unpaired) electrons. The molecule has 0 bridgehead atoms. The molecule has 2 aromatic rings. The van der Waals surface area contributed by atoms with Crippen LogP contribution in [0, 0.1) is 0 Å². The van der Waals surface area contributed by atoms with Crippen molar-refractivity contribution in [2.45, 2.75) is 26.2 Å². The molecular weight excluding hydrogens is 244 g/mol. The lowest BCUT2D eigenvalue weighted by atomic mass is 10.0. The molecule has 0 amide bonds. The quantitative estimate of drug-likeness (QED) is 0.818. The first kappa shape index (κ1) is 13.3. The number of hydrogen-bond donors (Lipinski definition) is 2. The van der Waals surface area contributed by atoms with Gasteiger partial charge in [0.05, 0.1) is 0 Å². The summed E-state index contributed by atoms with van der Waals surface area (Å²) in [7, 11) is 1.86. The Bertz CT molecular complexity index is 511. The van der Waals surface area contributed by atoms with Gasteiger partial charge in [0.15, 0.2) is 6.33 Å². The molecule has 2 aromatic heterocycles. The molecule has 0 aliphatic heterocycles. The molecule has 102 valence electrons. The minimum atomic E-state index is 0.328. The molecule has 0 saturated carbocycles. The fourth-order valence-corrected chi connectivity index (χ4v) is 1.88. The summed E-state index contributed by atoms with van der Waals surface area (Å²) in [5.74, 6) is 2.63. The Morgan fingerprint density at radius 3 is 2.58 bits per heavy atom. The van der Waals surface area contributed by atoms with Crippen LogP contribution in [0.15, 0.2) is 17.2 Å². The first-order valence-corrected chi connectivity index (χ1v) is 6.24. The van der Waals surface area contributed by atoms with Gasteiger partial charge in [0, 0.05) is 25.6 Å². The molecule has 0 aliphatic carbocycles. The highest BCUT2D eigenvalue weighted by atomic mass is 16.5. The van der Waals surface area contributed by atoms with E-state index in [4.69, 9.17) is 4.52 Å². The van der Waals surface area contributed by atoms with E-state index < -0.39 is 0 Å². The Balaban J connectivity index is 2.07. The van der Waals surface area contributed by atoms with Gasteiger partial charge in [0.2, 0.25) is 5.89 Å². The number of nitrogens with one attached hydrogen (secondary N) is 2. The van der Waals surface area contributed by atoms with E-state index in [1.165, 1.54) is 6.33 Å². The molecule has 7 heteroatoms. The Hall–Kier alpha value is -2.18. The molecule has 2 N–H and O–H groups in total. The van der Waals surface area contributed by atoms with Gasteiger partial charge in [-0.05, 0) is 5.92 Å². The van der Waals surface area contributed by atoms with Gasteiger partial charge in [-0.25, -0.2) is 9.97 Å². The van der Waals surface area contributed by atoms with Gasteiger partial charge in [0.25, 0.3) is 0 Å². The van der Waals surface area contributed by atoms with Crippen LogP contribution in [-0.2, 0) is 6.42 Å². The zero-order chi connectivity index (χ0) is 13.7. The standard InChI is InChI=1S/C12H18N6O/c1-8(2)10-11(13-3)16-6-17-12(10)14-5-4-9-15-7-18-19-9/h6-8H,4-5H2,1-3H3,(H2,13,14,16,17). The fraction of sp³-hybridized carbons (Fsp3) is 0.500. The van der Waals surface area contributed by atoms with Crippen molar-refractivity contribution in [3.8, 4) is 0 Å². The van der Waals surface area contributed by atoms with Crippen molar-refractivity contribution >= 4 is 11.6 Å². The van der Waals surface area contributed by atoms with Gasteiger partial charge >= 0.3 is 0 Å². The minimum Gasteiger partial charge on any atom is -0.373 e. The van der Waals surface area contributed by atoms with Crippen LogP contribution in [0.5, 0.6) is 0 Å². The molecule has 0 atom stereocenters. The van der Waals surface area contributed by atoms with Gasteiger partial charge in [0.1, 0.15) is 18.0 Å². The summed E-state index contributed by atoms with van der Waals surface area (Å²) in [4.78, 5) is 12.5. The Kier molecular flexibility index (Phi) is 4.27. The smallest absolute Gasteiger partial charge is 0.228 e. The molecule has 2 rings (SSSR count). The van der Waals surface area contributed by atoms with Gasteiger partial charge in [-0.3, -0.25) is 0 Å². The van der Waals surface area contributed by atoms with E-state index >= 15 is 0 Å². The average molecular weight is 262 g/mol. The summed E-state index contributed by atoms with van der Waals surface area (Å²) in [5, 5.41) is 9.95. The minimum absolute atomic E-state index is 0.328. The molecular formula is C12H18N6O. The van der Waals surface area contributed by atoms with Crippen LogP contribution in [0.3, 0.4) is 0 Å². The van der Waals surface area contributed by atoms with Crippen molar-refractivity contribution < 1.29 is 4.52 Å². The molecule has 0 fully saturated rings. The Morgan fingerprint density at radius 1 is 1.16 bits per heavy atom. The molecule has 7 nitrogen and oxygen atoms in total. The maximum Gasteiger partial charge on any atom is 0.228 e. The van der Waals surface area contributed by atoms with E-state index in [0.717, 1.165) is 17.2 Å². The predicted octanol–water partition coefficient (Wildman–Crippen LogP) is 1.68. The van der Waals surface area contributed by atoms with Crippen molar-refractivity contribution in [2.24, 2.45) is 0 Å². The van der Waals surface area contributed by atoms with E-state index in [0.29, 0.717) is 24.8 Å². The third-order valence-corrected chi connectivity index (χ3v) is 2.74. The molecule has 0 unspecified atom stereocenters. The summed E-state index contributed by atoms with van der Waals surface area (Å²) < 4.78 is 4.95. The monoisotopic (exact) mass is 262 g/mol. The Morgan fingerprint density at radius 2 is 1.95 bits per heavy atom. The van der Waals surface area contributed by atoms with Gasteiger partial charge in [-0.15, -0.1) is 0 Å². The predicted molar refractivity (Wildman–Crippen MR) is 72.2 cm³/mol. The van der Waals surface area contributed by atoms with Gasteiger partial charge in [-0.2, -0.15) is 4.98 Å². The summed E-state index contributed by atoms with van der Waals surface area (Å²) in [6.07, 6.45) is 3.61. The first-order valence-electron chi connectivity index (χ1n) is 6.24. The lowest BCUT2D eigenvalue weighted by Gasteiger charge is -2.16. The highest BCUT2D eigenvalue weighted by Crippen LogP contribution is 2.27. The van der Waals surface area contributed by atoms with Crippen molar-refractivity contribution in [2.75, 3.05) is 24.2 Å². The van der Waals surface area contributed by atoms with Crippen molar-refractivity contribution in [1.29, 1.82) is 0 Å². The lowest BCUT2D eigenvalue weighted by molar-refractivity contribution is 0.379. The van der Waals surface area contributed by atoms with Crippen LogP contribution in [0.4, 0.5) is 11.6 Å². The largest absolute Gasteiger partial charge is 0.373 e. The molecule has 0 spiro atoms. The second-order valence-electron chi connectivity index (χ2n) is 4.40. The number of aromatic nitrogens is 4. The highest BCUT2D eigenvalue weighted by molar-refractivity contribution is 5.58. The maximum atomic E-state index is 4.95. The summed E-state index contributed by atoms with van der Waals surface area (Å²) in [6.45, 7) is 4.91. The van der Waals surface area contributed by atoms with Crippen LogP contribution in [-0.4, -0.2) is 33.7 Å². The van der Waals surface area contributed by atoms with E-state index in [1.54, 1.807) is 6.33 Å². The van der Waals surface area contributed by atoms with Crippen molar-refractivity contribution in [1.82, 2.24) is 20.1 Å². The highest BCUT2D eigenvalue weighted by Gasteiger charge is 2.13. The topological polar surface area (TPSA) is 88.8 Å². The van der Waals surface area contributed by atoms with Crippen LogP contribution < -0.4 is 10.6 Å². The normalized spacial score (nSPS) is 10.7. The molecule has 0 aliphatic rings. The van der Waals surface area contributed by atoms with Crippen molar-refractivity contribution in [3.63, 3.8) is 0 Å². The average Bonchev–Trinajstić information content (AvgIpc) is 2.91. The number of anilines is 2. The van der Waals surface area contributed by atoms with Gasteiger partial charge in [-0.1, -0.05) is 19.0 Å². The van der Waals surface area contributed by atoms with E-state index in [-0.39, 0.29) is 0 Å². The van der Waals surface area contributed by atoms with Crippen LogP contribution in [0.25, 0.3) is 0 Å². The number of hydrogen-bond acceptors (Lipinski definition) is 7. The lowest BCUT2D eigenvalue weighted by Crippen LogP contribution is -2.12. The second kappa shape index (κ2) is 6.12. The van der Waals surface area contributed by atoms with E-state index in [9.17, 15) is 0 Å². The molecule has 19 heavy (non-hydrogen) atoms. The number of nitrogens with zero attached hydrogens (tertiary/aromatic N) is 4. The molecule has 0 saturated heterocycles. The van der Waals surface area contributed by atoms with Crippen LogP contribution >= 0.6 is 0 Å². The maximum absolute atomic E-state index is 4.95. The van der Waals surface area contributed by atoms with Gasteiger partial charge < -0.3 is 15.2 Å². The summed E-state index contributed by atoms with van der Waals surface area (Å²) in [6, 6.07) is 0. The Labute approximate surface area is 111 Å². The molecule has 0 aromatic carbocycles. The second-order valence-corrected chi connectivity index (χ2v) is 4.40. The van der Waals surface area contributed by atoms with Crippen molar-refractivity contribution in [3.05, 3.63) is 24.1 Å². The van der Waals surface area contributed by atoms with Crippen LogP contribution in [0.2, 0.25) is 0 Å². The number of rotatable bonds is 6. The summed E-state index contributed by atoms with van der Waals surface area (Å²) >= 11 is 0. The third-order valence-electron chi connectivity index (χ3n) is 2.74. The fourth-order valence-electron chi connectivity index (χ4n) is 1.88. The zero-order valence-electron chi connectivity index (χ0n) is 11.3. The first-order chi connectivity index (χ1) is 9.22. The van der Waals surface area contributed by atoms with E-state index in [2.05, 4.69) is 44.6 Å². The zero-order valence-corrected chi connectivity index (χ0v) is 11.3. The third kappa shape index (κ3) is 3.18. The SMILES string of the molecule is CNc1ncnc(NCCc2ncno2)c1C(C)C. The summed E-state index contributed by atoms with van der Waals surface area (Å²) in [5.41, 5.74) is 1.08. The molecule has 2 heterocycles. The van der Waals surface area contributed by atoms with Crippen LogP contribution in [0.1, 0.15) is 31.2 Å². The van der Waals surface area contributed by atoms with E-state index in [1.807, 2.05) is 7.05 Å².